The van der Waals surface area contributed by atoms with Crippen LogP contribution < -0.4 is 4.74 Å². The number of amides is 1. The molecule has 9 heteroatoms. The lowest BCUT2D eigenvalue weighted by atomic mass is 9.93. The maximum absolute atomic E-state index is 13.6. The molecule has 2 aromatic carbocycles. The number of fused-ring (bicyclic) bond motifs is 1. The molecule has 0 N–H and O–H groups in total. The number of carbonyl (C=O) groups excluding carboxylic acids is 2. The van der Waals surface area contributed by atoms with Crippen LogP contribution in [-0.4, -0.2) is 60.3 Å². The fraction of sp³-hybridized carbons (Fsp3) is 0.321. The van der Waals surface area contributed by atoms with Gasteiger partial charge >= 0.3 is 5.97 Å². The third kappa shape index (κ3) is 5.42. The number of esters is 1. The lowest BCUT2D eigenvalue weighted by Gasteiger charge is -2.37. The van der Waals surface area contributed by atoms with Crippen molar-refractivity contribution in [3.05, 3.63) is 88.1 Å². The van der Waals surface area contributed by atoms with E-state index in [1.165, 1.54) is 11.8 Å². The number of amidine groups is 1. The van der Waals surface area contributed by atoms with Crippen LogP contribution in [0.4, 0.5) is 0 Å². The Morgan fingerprint density at radius 1 is 1.11 bits per heavy atom. The second-order valence-corrected chi connectivity index (χ2v) is 9.74. The van der Waals surface area contributed by atoms with Gasteiger partial charge in [0.1, 0.15) is 12.4 Å². The Morgan fingerprint density at radius 3 is 2.65 bits per heavy atom. The molecule has 37 heavy (non-hydrogen) atoms. The minimum atomic E-state index is -0.510. The Bertz CT molecular complexity index is 1270. The summed E-state index contributed by atoms with van der Waals surface area (Å²) in [7, 11) is 1.61. The van der Waals surface area contributed by atoms with Crippen molar-refractivity contribution in [1.29, 1.82) is 0 Å². The second-order valence-electron chi connectivity index (χ2n) is 8.90. The van der Waals surface area contributed by atoms with Gasteiger partial charge in [0.2, 0.25) is 5.91 Å². The quantitative estimate of drug-likeness (QED) is 0.506. The third-order valence-corrected chi connectivity index (χ3v) is 7.43. The van der Waals surface area contributed by atoms with Crippen LogP contribution in [-0.2, 0) is 25.7 Å². The summed E-state index contributed by atoms with van der Waals surface area (Å²) in [5, 5.41) is 2.69. The molecule has 1 unspecified atom stereocenters. The number of morpholine rings is 1. The summed E-state index contributed by atoms with van der Waals surface area (Å²) >= 11 is 1.46. The van der Waals surface area contributed by atoms with E-state index in [0.717, 1.165) is 22.0 Å². The van der Waals surface area contributed by atoms with Gasteiger partial charge in [-0.05, 0) is 35.6 Å². The molecule has 1 fully saturated rings. The molecule has 1 saturated heterocycles. The molecule has 0 spiro atoms. The summed E-state index contributed by atoms with van der Waals surface area (Å²) in [5.74, 6) is 0.269. The van der Waals surface area contributed by atoms with Gasteiger partial charge in [0.15, 0.2) is 5.17 Å². The predicted octanol–water partition coefficient (Wildman–Crippen LogP) is 4.26. The number of ether oxygens (including phenoxy) is 3. The molecule has 3 aliphatic rings. The Labute approximate surface area is 220 Å². The number of rotatable bonds is 7. The van der Waals surface area contributed by atoms with Crippen molar-refractivity contribution in [3.8, 4) is 5.75 Å². The molecule has 0 aromatic heterocycles. The number of methoxy groups -OCH3 is 1. The fourth-order valence-corrected chi connectivity index (χ4v) is 5.60. The van der Waals surface area contributed by atoms with Crippen LogP contribution in [0.25, 0.3) is 0 Å². The Kier molecular flexibility index (Phi) is 7.62. The minimum absolute atomic E-state index is 0.0280. The number of hydrogen-bond acceptors (Lipinski definition) is 8. The fourth-order valence-electron chi connectivity index (χ4n) is 4.64. The van der Waals surface area contributed by atoms with Crippen molar-refractivity contribution in [3.63, 3.8) is 0 Å². The Morgan fingerprint density at radius 2 is 1.89 bits per heavy atom. The number of benzene rings is 2. The molecule has 0 aliphatic carbocycles. The molecule has 0 saturated carbocycles. The molecule has 5 rings (SSSR count). The molecule has 1 atom stereocenters. The number of carbonyl (C=O) groups is 2. The lowest BCUT2D eigenvalue weighted by Crippen LogP contribution is -2.42. The number of thioether (sulfide) groups is 1. The van der Waals surface area contributed by atoms with Gasteiger partial charge < -0.3 is 24.0 Å². The first-order valence-corrected chi connectivity index (χ1v) is 13.1. The van der Waals surface area contributed by atoms with Crippen LogP contribution in [0.5, 0.6) is 5.75 Å². The lowest BCUT2D eigenvalue weighted by molar-refractivity contribution is -0.141. The highest BCUT2D eigenvalue weighted by Gasteiger charge is 2.41. The third-order valence-electron chi connectivity index (χ3n) is 6.54. The monoisotopic (exact) mass is 519 g/mol. The van der Waals surface area contributed by atoms with Crippen LogP contribution in [0.2, 0.25) is 0 Å². The van der Waals surface area contributed by atoms with Gasteiger partial charge in [-0.25, -0.2) is 9.79 Å². The average molecular weight is 520 g/mol. The first-order valence-electron chi connectivity index (χ1n) is 12.2. The first-order chi connectivity index (χ1) is 18.0. The van der Waals surface area contributed by atoms with Gasteiger partial charge in [0.25, 0.3) is 0 Å². The minimum Gasteiger partial charge on any atom is -0.497 e. The summed E-state index contributed by atoms with van der Waals surface area (Å²) in [6.45, 7) is 4.23. The van der Waals surface area contributed by atoms with Gasteiger partial charge in [-0.15, -0.1) is 0 Å². The van der Waals surface area contributed by atoms with Crippen molar-refractivity contribution >= 4 is 28.8 Å². The summed E-state index contributed by atoms with van der Waals surface area (Å²) in [4.78, 5) is 35.3. The topological polar surface area (TPSA) is 80.7 Å². The van der Waals surface area contributed by atoms with E-state index in [1.807, 2.05) is 76.7 Å². The van der Waals surface area contributed by atoms with Crippen LogP contribution >= 0.6 is 11.8 Å². The van der Waals surface area contributed by atoms with E-state index < -0.39 is 12.0 Å². The maximum atomic E-state index is 13.6. The standard InChI is InChI=1S/C28H29N3O5S/c1-19-25(27(33)36-17-20-7-4-3-5-8-20)26(21-9-6-10-23(15-21)34-2)31-22(18-37-28(31)29-19)16-24(32)30-11-13-35-14-12-30/h3-10,15,18,26H,11-14,16-17H2,1-2H3. The highest BCUT2D eigenvalue weighted by molar-refractivity contribution is 8.16. The van der Waals surface area contributed by atoms with Gasteiger partial charge in [-0.3, -0.25) is 4.79 Å². The van der Waals surface area contributed by atoms with Crippen LogP contribution in [0.15, 0.2) is 82.0 Å². The summed E-state index contributed by atoms with van der Waals surface area (Å²) in [5.41, 5.74) is 3.60. The Balaban J connectivity index is 1.47. The Hall–Kier alpha value is -3.56. The molecule has 2 aromatic rings. The SMILES string of the molecule is COc1cccc(C2C(C(=O)OCc3ccccc3)=C(C)N=C3SC=C(CC(=O)N4CCOCC4)N32)c1. The summed E-state index contributed by atoms with van der Waals surface area (Å²) < 4.78 is 16.6. The smallest absolute Gasteiger partial charge is 0.338 e. The second kappa shape index (κ2) is 11.2. The van der Waals surface area contributed by atoms with Crippen molar-refractivity contribution in [2.75, 3.05) is 33.4 Å². The number of nitrogens with zero attached hydrogens (tertiary/aromatic N) is 3. The van der Waals surface area contributed by atoms with Crippen LogP contribution in [0.1, 0.15) is 30.5 Å². The van der Waals surface area contributed by atoms with E-state index in [9.17, 15) is 9.59 Å². The van der Waals surface area contributed by atoms with E-state index in [4.69, 9.17) is 19.2 Å². The van der Waals surface area contributed by atoms with Crippen molar-refractivity contribution in [1.82, 2.24) is 9.80 Å². The zero-order chi connectivity index (χ0) is 25.8. The predicted molar refractivity (Wildman–Crippen MR) is 142 cm³/mol. The zero-order valence-corrected chi connectivity index (χ0v) is 21.7. The van der Waals surface area contributed by atoms with Crippen molar-refractivity contribution in [2.45, 2.75) is 26.0 Å². The largest absolute Gasteiger partial charge is 0.497 e. The molecule has 1 amide bonds. The van der Waals surface area contributed by atoms with E-state index in [2.05, 4.69) is 0 Å². The number of aliphatic imine (C=N–C) groups is 1. The number of allylic oxidation sites excluding steroid dienone is 1. The first kappa shape index (κ1) is 25.1. The highest BCUT2D eigenvalue weighted by Crippen LogP contribution is 2.45. The van der Waals surface area contributed by atoms with Crippen LogP contribution in [0, 0.1) is 0 Å². The molecular formula is C28H29N3O5S. The van der Waals surface area contributed by atoms with Crippen LogP contribution in [0.3, 0.4) is 0 Å². The molecule has 192 valence electrons. The van der Waals surface area contributed by atoms with E-state index in [1.54, 1.807) is 7.11 Å². The van der Waals surface area contributed by atoms with Gasteiger partial charge in [-0.2, -0.15) is 0 Å². The molecular weight excluding hydrogens is 490 g/mol. The molecule has 8 nitrogen and oxygen atoms in total. The van der Waals surface area contributed by atoms with E-state index in [-0.39, 0.29) is 18.9 Å². The maximum Gasteiger partial charge on any atom is 0.338 e. The van der Waals surface area contributed by atoms with Gasteiger partial charge in [-0.1, -0.05) is 54.2 Å². The van der Waals surface area contributed by atoms with E-state index in [0.29, 0.717) is 43.3 Å². The summed E-state index contributed by atoms with van der Waals surface area (Å²) in [6, 6.07) is 16.7. The molecule has 0 radical (unpaired) electrons. The zero-order valence-electron chi connectivity index (χ0n) is 20.9. The van der Waals surface area contributed by atoms with E-state index >= 15 is 0 Å². The normalized spacial score (nSPS) is 19.2. The molecule has 3 heterocycles. The summed E-state index contributed by atoms with van der Waals surface area (Å²) in [6.07, 6.45) is 0.206. The van der Waals surface area contributed by atoms with Crippen molar-refractivity contribution in [2.24, 2.45) is 4.99 Å². The van der Waals surface area contributed by atoms with Gasteiger partial charge in [0.05, 0.1) is 44.1 Å². The average Bonchev–Trinajstić information content (AvgIpc) is 3.33. The molecule has 0 bridgehead atoms. The van der Waals surface area contributed by atoms with Gasteiger partial charge in [0, 0.05) is 18.8 Å². The van der Waals surface area contributed by atoms with Crippen molar-refractivity contribution < 1.29 is 23.8 Å². The molecule has 3 aliphatic heterocycles. The number of hydrogen-bond donors (Lipinski definition) is 0. The highest BCUT2D eigenvalue weighted by atomic mass is 32.2.